The SMILES string of the molecule is CCCCCc1ccc(C#Cc2ccc(C#C[Si](C)(C)C)c(F)c2)c(F)c1. The lowest BCUT2D eigenvalue weighted by atomic mass is 10.0. The average molecular weight is 381 g/mol. The minimum Gasteiger partial charge on any atom is -0.206 e. The van der Waals surface area contributed by atoms with Crippen molar-refractivity contribution in [2.75, 3.05) is 0 Å². The van der Waals surface area contributed by atoms with Gasteiger partial charge in [-0.2, -0.15) is 0 Å². The number of aryl methyl sites for hydroxylation is 1. The van der Waals surface area contributed by atoms with E-state index in [1.165, 1.54) is 6.07 Å². The molecule has 3 heteroatoms. The molecule has 0 unspecified atom stereocenters. The minimum atomic E-state index is -1.56. The predicted octanol–water partition coefficient (Wildman–Crippen LogP) is 6.33. The van der Waals surface area contributed by atoms with Gasteiger partial charge in [-0.15, -0.1) is 5.54 Å². The number of rotatable bonds is 4. The molecule has 0 bridgehead atoms. The summed E-state index contributed by atoms with van der Waals surface area (Å²) in [7, 11) is -1.56. The summed E-state index contributed by atoms with van der Waals surface area (Å²) in [5, 5.41) is 0. The maximum Gasteiger partial charge on any atom is 0.140 e. The van der Waals surface area contributed by atoms with Crippen LogP contribution in [0.15, 0.2) is 36.4 Å². The Kier molecular flexibility index (Phi) is 7.40. The van der Waals surface area contributed by atoms with Crippen LogP contribution in [0.2, 0.25) is 19.6 Å². The summed E-state index contributed by atoms with van der Waals surface area (Å²) >= 11 is 0. The van der Waals surface area contributed by atoms with Gasteiger partial charge in [-0.1, -0.05) is 63.2 Å². The van der Waals surface area contributed by atoms with Gasteiger partial charge in [0.15, 0.2) is 0 Å². The van der Waals surface area contributed by atoms with E-state index in [4.69, 9.17) is 0 Å². The van der Waals surface area contributed by atoms with Crippen molar-refractivity contribution in [1.82, 2.24) is 0 Å². The molecule has 0 saturated heterocycles. The van der Waals surface area contributed by atoms with Crippen LogP contribution in [0.1, 0.15) is 48.4 Å². The molecule has 0 fully saturated rings. The van der Waals surface area contributed by atoms with E-state index >= 15 is 0 Å². The van der Waals surface area contributed by atoms with Crippen LogP contribution in [0.4, 0.5) is 8.78 Å². The van der Waals surface area contributed by atoms with Gasteiger partial charge in [0.05, 0.1) is 11.1 Å². The van der Waals surface area contributed by atoms with Gasteiger partial charge in [0, 0.05) is 5.56 Å². The van der Waals surface area contributed by atoms with E-state index in [2.05, 4.69) is 49.9 Å². The molecule has 0 heterocycles. The summed E-state index contributed by atoms with van der Waals surface area (Å²) in [5.41, 5.74) is 5.36. The lowest BCUT2D eigenvalue weighted by Crippen LogP contribution is -2.16. The number of hydrogen-bond acceptors (Lipinski definition) is 0. The average Bonchev–Trinajstić information content (AvgIpc) is 2.59. The Morgan fingerprint density at radius 3 is 2.11 bits per heavy atom. The normalized spacial score (nSPS) is 10.6. The van der Waals surface area contributed by atoms with Crippen LogP contribution in [0, 0.1) is 34.9 Å². The summed E-state index contributed by atoms with van der Waals surface area (Å²) in [6, 6.07) is 9.89. The van der Waals surface area contributed by atoms with Gasteiger partial charge in [-0.25, -0.2) is 8.78 Å². The molecular weight excluding hydrogens is 354 g/mol. The summed E-state index contributed by atoms with van der Waals surface area (Å²) in [5.74, 6) is 7.85. The van der Waals surface area contributed by atoms with Crippen molar-refractivity contribution in [3.63, 3.8) is 0 Å². The number of unbranched alkanes of at least 4 members (excludes halogenated alkanes) is 2. The monoisotopic (exact) mass is 380 g/mol. The largest absolute Gasteiger partial charge is 0.206 e. The summed E-state index contributed by atoms with van der Waals surface area (Å²) in [6.45, 7) is 8.48. The third kappa shape index (κ3) is 7.04. The van der Waals surface area contributed by atoms with Crippen LogP contribution < -0.4 is 0 Å². The quantitative estimate of drug-likeness (QED) is 0.330. The van der Waals surface area contributed by atoms with Crippen LogP contribution in [-0.4, -0.2) is 8.07 Å². The number of hydrogen-bond donors (Lipinski definition) is 0. The molecule has 0 amide bonds. The zero-order chi connectivity index (χ0) is 19.9. The molecule has 2 aromatic rings. The van der Waals surface area contributed by atoms with Gasteiger partial charge in [-0.3, -0.25) is 0 Å². The summed E-state index contributed by atoms with van der Waals surface area (Å²) < 4.78 is 28.4. The van der Waals surface area contributed by atoms with Crippen molar-refractivity contribution in [1.29, 1.82) is 0 Å². The molecule has 0 aliphatic heterocycles. The molecule has 0 N–H and O–H groups in total. The molecule has 2 rings (SSSR count). The second-order valence-corrected chi connectivity index (χ2v) is 12.5. The van der Waals surface area contributed by atoms with Gasteiger partial charge in [0.2, 0.25) is 0 Å². The second kappa shape index (κ2) is 9.54. The van der Waals surface area contributed by atoms with Crippen LogP contribution in [0.25, 0.3) is 0 Å². The number of halogens is 2. The maximum atomic E-state index is 14.2. The first-order chi connectivity index (χ1) is 12.8. The number of benzene rings is 2. The third-order valence-corrected chi connectivity index (χ3v) is 4.86. The van der Waals surface area contributed by atoms with E-state index in [-0.39, 0.29) is 11.6 Å². The zero-order valence-corrected chi connectivity index (χ0v) is 17.5. The van der Waals surface area contributed by atoms with Crippen molar-refractivity contribution in [2.45, 2.75) is 52.2 Å². The second-order valence-electron chi connectivity index (χ2n) is 7.72. The lowest BCUT2D eigenvalue weighted by Gasteiger charge is -2.03. The highest BCUT2D eigenvalue weighted by Crippen LogP contribution is 2.14. The first kappa shape index (κ1) is 20.9. The Balaban J connectivity index is 2.15. The van der Waals surface area contributed by atoms with Crippen LogP contribution in [-0.2, 0) is 6.42 Å². The fourth-order valence-corrected chi connectivity index (χ4v) is 2.99. The molecule has 27 heavy (non-hydrogen) atoms. The standard InChI is InChI=1S/C24H26F2Si/c1-5-6-7-8-19-9-12-21(23(25)17-19)13-10-20-11-14-22(24(26)18-20)15-16-27(2,3)4/h9,11-12,14,17-18H,5-8H2,1-4H3. The Bertz CT molecular complexity index is 915. The Morgan fingerprint density at radius 2 is 1.48 bits per heavy atom. The Morgan fingerprint density at radius 1 is 0.815 bits per heavy atom. The van der Waals surface area contributed by atoms with Crippen molar-refractivity contribution in [2.24, 2.45) is 0 Å². The van der Waals surface area contributed by atoms with Gasteiger partial charge < -0.3 is 0 Å². The molecule has 0 aromatic heterocycles. The smallest absolute Gasteiger partial charge is 0.140 e. The molecule has 0 atom stereocenters. The van der Waals surface area contributed by atoms with Crippen molar-refractivity contribution in [3.8, 4) is 23.3 Å². The van der Waals surface area contributed by atoms with Gasteiger partial charge in [-0.05, 0) is 48.7 Å². The molecule has 0 nitrogen and oxygen atoms in total. The van der Waals surface area contributed by atoms with Crippen molar-refractivity contribution >= 4 is 8.07 Å². The lowest BCUT2D eigenvalue weighted by molar-refractivity contribution is 0.619. The van der Waals surface area contributed by atoms with E-state index in [0.717, 1.165) is 31.2 Å². The first-order valence-electron chi connectivity index (χ1n) is 9.41. The highest BCUT2D eigenvalue weighted by atomic mass is 28.3. The Labute approximate surface area is 163 Å². The molecule has 0 spiro atoms. The molecule has 2 aromatic carbocycles. The maximum absolute atomic E-state index is 14.2. The van der Waals surface area contributed by atoms with E-state index < -0.39 is 8.07 Å². The van der Waals surface area contributed by atoms with Gasteiger partial charge >= 0.3 is 0 Å². The first-order valence-corrected chi connectivity index (χ1v) is 12.9. The van der Waals surface area contributed by atoms with Crippen LogP contribution >= 0.6 is 0 Å². The molecule has 0 aliphatic rings. The van der Waals surface area contributed by atoms with E-state index in [9.17, 15) is 8.78 Å². The Hall–Kier alpha value is -2.36. The van der Waals surface area contributed by atoms with E-state index in [1.807, 2.05) is 6.07 Å². The fourth-order valence-electron chi connectivity index (χ4n) is 2.48. The highest BCUT2D eigenvalue weighted by molar-refractivity contribution is 6.83. The fraction of sp³-hybridized carbons (Fsp3) is 0.333. The topological polar surface area (TPSA) is 0 Å². The van der Waals surface area contributed by atoms with Crippen LogP contribution in [0.3, 0.4) is 0 Å². The molecule has 0 saturated carbocycles. The van der Waals surface area contributed by atoms with E-state index in [0.29, 0.717) is 16.7 Å². The summed E-state index contributed by atoms with van der Waals surface area (Å²) in [4.78, 5) is 0. The predicted molar refractivity (Wildman–Crippen MR) is 112 cm³/mol. The van der Waals surface area contributed by atoms with Crippen molar-refractivity contribution in [3.05, 3.63) is 70.3 Å². The van der Waals surface area contributed by atoms with Crippen molar-refractivity contribution < 1.29 is 8.78 Å². The molecule has 140 valence electrons. The molecule has 0 aliphatic carbocycles. The summed E-state index contributed by atoms with van der Waals surface area (Å²) in [6.07, 6.45) is 4.23. The zero-order valence-electron chi connectivity index (χ0n) is 16.5. The minimum absolute atomic E-state index is 0.324. The van der Waals surface area contributed by atoms with Gasteiger partial charge in [0.1, 0.15) is 19.7 Å². The molecule has 0 radical (unpaired) electrons. The van der Waals surface area contributed by atoms with E-state index in [1.54, 1.807) is 24.3 Å². The highest BCUT2D eigenvalue weighted by Gasteiger charge is 2.08. The third-order valence-electron chi connectivity index (χ3n) is 3.99. The van der Waals surface area contributed by atoms with Crippen LogP contribution in [0.5, 0.6) is 0 Å². The molecular formula is C24H26F2Si. The van der Waals surface area contributed by atoms with Gasteiger partial charge in [0.25, 0.3) is 0 Å².